The summed E-state index contributed by atoms with van der Waals surface area (Å²) in [7, 11) is 0. The third-order valence-electron chi connectivity index (χ3n) is 3.36. The van der Waals surface area contributed by atoms with Gasteiger partial charge >= 0.3 is 0 Å². The van der Waals surface area contributed by atoms with Crippen LogP contribution in [0.4, 0.5) is 10.1 Å². The minimum absolute atomic E-state index is 0.158. The highest BCUT2D eigenvalue weighted by Crippen LogP contribution is 2.30. The lowest BCUT2D eigenvalue weighted by Crippen LogP contribution is -2.46. The van der Waals surface area contributed by atoms with Crippen LogP contribution in [0.5, 0.6) is 0 Å². The van der Waals surface area contributed by atoms with E-state index in [1.54, 1.807) is 17.9 Å². The van der Waals surface area contributed by atoms with Gasteiger partial charge < -0.3 is 10.0 Å². The van der Waals surface area contributed by atoms with Gasteiger partial charge in [-0.2, -0.15) is 0 Å². The van der Waals surface area contributed by atoms with Crippen molar-refractivity contribution in [3.8, 4) is 0 Å². The Bertz CT molecular complexity index is 471. The van der Waals surface area contributed by atoms with Crippen molar-refractivity contribution >= 4 is 11.5 Å². The maximum atomic E-state index is 14.0. The number of Topliss-reactive ketones (excluding diaryl/α,β-unsaturated/α-hetero) is 1. The number of benzene rings is 1. The van der Waals surface area contributed by atoms with Crippen molar-refractivity contribution in [1.29, 1.82) is 0 Å². The first kappa shape index (κ1) is 13.0. The van der Waals surface area contributed by atoms with E-state index in [2.05, 4.69) is 0 Å². The Morgan fingerprint density at radius 3 is 2.83 bits per heavy atom. The number of carbonyl (C=O) groups is 1. The summed E-state index contributed by atoms with van der Waals surface area (Å²) in [4.78, 5) is 13.3. The lowest BCUT2D eigenvalue weighted by Gasteiger charge is -2.39. The highest BCUT2D eigenvalue weighted by molar-refractivity contribution is 5.99. The van der Waals surface area contributed by atoms with Gasteiger partial charge in [-0.1, -0.05) is 6.07 Å². The second kappa shape index (κ2) is 4.69. The summed E-state index contributed by atoms with van der Waals surface area (Å²) in [6.45, 7) is 4.19. The zero-order chi connectivity index (χ0) is 13.3. The highest BCUT2D eigenvalue weighted by Gasteiger charge is 2.31. The monoisotopic (exact) mass is 251 g/mol. The van der Waals surface area contributed by atoms with Crippen LogP contribution in [0.1, 0.15) is 37.0 Å². The van der Waals surface area contributed by atoms with Gasteiger partial charge in [-0.3, -0.25) is 4.79 Å². The fraction of sp³-hybridized carbons (Fsp3) is 0.500. The summed E-state index contributed by atoms with van der Waals surface area (Å²) in [6.07, 6.45) is 1.49. The van der Waals surface area contributed by atoms with Gasteiger partial charge in [0.15, 0.2) is 5.78 Å². The third kappa shape index (κ3) is 2.53. The lowest BCUT2D eigenvalue weighted by molar-refractivity contribution is 0.0446. The van der Waals surface area contributed by atoms with Crippen molar-refractivity contribution in [2.45, 2.75) is 32.3 Å². The van der Waals surface area contributed by atoms with Gasteiger partial charge in [-0.25, -0.2) is 4.39 Å². The topological polar surface area (TPSA) is 40.5 Å². The van der Waals surface area contributed by atoms with E-state index in [-0.39, 0.29) is 5.78 Å². The summed E-state index contributed by atoms with van der Waals surface area (Å²) < 4.78 is 14.0. The second-order valence-electron chi connectivity index (χ2n) is 5.21. The number of rotatable bonds is 2. The van der Waals surface area contributed by atoms with Crippen molar-refractivity contribution < 1.29 is 14.3 Å². The van der Waals surface area contributed by atoms with Crippen molar-refractivity contribution in [1.82, 2.24) is 0 Å². The molecule has 1 N–H and O–H groups in total. The van der Waals surface area contributed by atoms with E-state index in [1.165, 1.54) is 19.1 Å². The highest BCUT2D eigenvalue weighted by atomic mass is 19.1. The molecule has 98 valence electrons. The molecule has 2 rings (SSSR count). The zero-order valence-electron chi connectivity index (χ0n) is 10.7. The normalized spacial score (nSPS) is 24.1. The Balaban J connectivity index is 2.41. The molecule has 0 bridgehead atoms. The molecule has 0 amide bonds. The molecule has 0 radical (unpaired) electrons. The molecule has 1 aliphatic heterocycles. The predicted molar refractivity (Wildman–Crippen MR) is 68.5 cm³/mol. The van der Waals surface area contributed by atoms with Crippen LogP contribution in [0.2, 0.25) is 0 Å². The SMILES string of the molecule is CC(=O)c1cccc(F)c1N1CCCC(C)(O)C1. The molecule has 0 saturated carbocycles. The molecule has 0 aliphatic carbocycles. The molecule has 1 aromatic rings. The molecule has 1 heterocycles. The zero-order valence-corrected chi connectivity index (χ0v) is 10.7. The summed E-state index contributed by atoms with van der Waals surface area (Å²) in [5.74, 6) is -0.560. The lowest BCUT2D eigenvalue weighted by atomic mass is 9.94. The number of carbonyl (C=O) groups excluding carboxylic acids is 1. The fourth-order valence-electron chi connectivity index (χ4n) is 2.53. The maximum absolute atomic E-state index is 14.0. The van der Waals surface area contributed by atoms with Crippen molar-refractivity contribution in [2.75, 3.05) is 18.0 Å². The van der Waals surface area contributed by atoms with E-state index in [4.69, 9.17) is 0 Å². The second-order valence-corrected chi connectivity index (χ2v) is 5.21. The summed E-state index contributed by atoms with van der Waals surface area (Å²) in [6, 6.07) is 4.52. The largest absolute Gasteiger partial charge is 0.388 e. The number of piperidine rings is 1. The number of aliphatic hydroxyl groups is 1. The average Bonchev–Trinajstić information content (AvgIpc) is 2.27. The number of anilines is 1. The molecule has 1 saturated heterocycles. The van der Waals surface area contributed by atoms with Gasteiger partial charge in [-0.15, -0.1) is 0 Å². The van der Waals surface area contributed by atoms with E-state index in [9.17, 15) is 14.3 Å². The Kier molecular flexibility index (Phi) is 3.39. The minimum atomic E-state index is -0.825. The van der Waals surface area contributed by atoms with Gasteiger partial charge in [0.05, 0.1) is 11.3 Å². The number of ketones is 1. The van der Waals surface area contributed by atoms with E-state index < -0.39 is 11.4 Å². The minimum Gasteiger partial charge on any atom is -0.388 e. The average molecular weight is 251 g/mol. The molecular formula is C14H18FNO2. The van der Waals surface area contributed by atoms with Gasteiger partial charge in [0, 0.05) is 18.7 Å². The Labute approximate surface area is 106 Å². The fourth-order valence-corrected chi connectivity index (χ4v) is 2.53. The standard InChI is InChI=1S/C14H18FNO2/c1-10(17)11-5-3-6-12(15)13(11)16-8-4-7-14(2,18)9-16/h3,5-6,18H,4,7-9H2,1-2H3. The van der Waals surface area contributed by atoms with Crippen molar-refractivity contribution in [3.05, 3.63) is 29.6 Å². The molecule has 1 aliphatic rings. The van der Waals surface area contributed by atoms with Crippen LogP contribution < -0.4 is 4.90 Å². The van der Waals surface area contributed by atoms with Crippen molar-refractivity contribution in [3.63, 3.8) is 0 Å². The first-order valence-corrected chi connectivity index (χ1v) is 6.17. The molecule has 1 atom stereocenters. The molecule has 0 aromatic heterocycles. The van der Waals surface area contributed by atoms with Gasteiger partial charge in [0.2, 0.25) is 0 Å². The Morgan fingerprint density at radius 1 is 1.50 bits per heavy atom. The maximum Gasteiger partial charge on any atom is 0.161 e. The van der Waals surface area contributed by atoms with Crippen LogP contribution in [0.15, 0.2) is 18.2 Å². The molecule has 1 unspecified atom stereocenters. The van der Waals surface area contributed by atoms with Crippen LogP contribution >= 0.6 is 0 Å². The van der Waals surface area contributed by atoms with E-state index in [0.29, 0.717) is 30.8 Å². The number of para-hydroxylation sites is 1. The molecule has 3 nitrogen and oxygen atoms in total. The first-order chi connectivity index (χ1) is 8.41. The quantitative estimate of drug-likeness (QED) is 0.820. The van der Waals surface area contributed by atoms with E-state index in [1.807, 2.05) is 0 Å². The Hall–Kier alpha value is -1.42. The molecular weight excluding hydrogens is 233 g/mol. The van der Waals surface area contributed by atoms with Crippen LogP contribution in [0.3, 0.4) is 0 Å². The van der Waals surface area contributed by atoms with Gasteiger partial charge in [0.25, 0.3) is 0 Å². The van der Waals surface area contributed by atoms with Gasteiger partial charge in [-0.05, 0) is 38.8 Å². The number of hydrogen-bond acceptors (Lipinski definition) is 3. The van der Waals surface area contributed by atoms with Crippen LogP contribution in [0.25, 0.3) is 0 Å². The van der Waals surface area contributed by atoms with Gasteiger partial charge in [0.1, 0.15) is 5.82 Å². The molecule has 4 heteroatoms. The third-order valence-corrected chi connectivity index (χ3v) is 3.36. The van der Waals surface area contributed by atoms with Crippen LogP contribution in [-0.4, -0.2) is 29.6 Å². The van der Waals surface area contributed by atoms with Crippen LogP contribution in [0, 0.1) is 5.82 Å². The molecule has 1 fully saturated rings. The first-order valence-electron chi connectivity index (χ1n) is 6.17. The predicted octanol–water partition coefficient (Wildman–Crippen LogP) is 2.38. The molecule has 0 spiro atoms. The number of hydrogen-bond donors (Lipinski definition) is 1. The number of halogens is 1. The summed E-state index contributed by atoms with van der Waals surface area (Å²) >= 11 is 0. The Morgan fingerprint density at radius 2 is 2.22 bits per heavy atom. The van der Waals surface area contributed by atoms with Crippen LogP contribution in [-0.2, 0) is 0 Å². The summed E-state index contributed by atoms with van der Waals surface area (Å²) in [5, 5.41) is 10.1. The number of nitrogens with zero attached hydrogens (tertiary/aromatic N) is 1. The van der Waals surface area contributed by atoms with Crippen molar-refractivity contribution in [2.24, 2.45) is 0 Å². The molecule has 18 heavy (non-hydrogen) atoms. The number of β-amino-alcohol motifs (C(OH)–C–C–N with tert-alkyl or cyclic N) is 1. The van der Waals surface area contributed by atoms with E-state index in [0.717, 1.165) is 6.42 Å². The molecule has 1 aromatic carbocycles. The smallest absolute Gasteiger partial charge is 0.161 e. The summed E-state index contributed by atoms with van der Waals surface area (Å²) in [5.41, 5.74) is -0.119. The van der Waals surface area contributed by atoms with E-state index >= 15 is 0 Å².